The zero-order valence-corrected chi connectivity index (χ0v) is 12.3. The lowest BCUT2D eigenvalue weighted by atomic mass is 10.2. The standard InChI is InChI=1S/C14H12FN7O2/c15-10-5-9(1-2-11(10)21-4-3-17-8-21)6-18-14-19-7-12(22(23)24)13(16)20-14/h1-5,7-8H,6H2,(H3,16,18,19,20). The minimum atomic E-state index is -0.663. The summed E-state index contributed by atoms with van der Waals surface area (Å²) in [5.41, 5.74) is 6.15. The fraction of sp³-hybridized carbons (Fsp3) is 0.0714. The number of imidazole rings is 1. The highest BCUT2D eigenvalue weighted by Crippen LogP contribution is 2.19. The Labute approximate surface area is 135 Å². The second kappa shape index (κ2) is 6.28. The van der Waals surface area contributed by atoms with Crippen LogP contribution in [0.4, 0.5) is 21.8 Å². The smallest absolute Gasteiger partial charge is 0.329 e. The fourth-order valence-electron chi connectivity index (χ4n) is 2.07. The average Bonchev–Trinajstić information content (AvgIpc) is 3.07. The molecule has 0 fully saturated rings. The summed E-state index contributed by atoms with van der Waals surface area (Å²) in [5, 5.41) is 13.5. The van der Waals surface area contributed by atoms with Crippen LogP contribution >= 0.6 is 0 Å². The minimum absolute atomic E-state index is 0.122. The molecule has 1 aromatic carbocycles. The quantitative estimate of drug-likeness (QED) is 0.541. The second-order valence-corrected chi connectivity index (χ2v) is 4.83. The van der Waals surface area contributed by atoms with Crippen molar-refractivity contribution in [3.05, 3.63) is 64.6 Å². The first-order valence-corrected chi connectivity index (χ1v) is 6.82. The van der Waals surface area contributed by atoms with Crippen molar-refractivity contribution in [2.45, 2.75) is 6.54 Å². The van der Waals surface area contributed by atoms with Gasteiger partial charge in [0.1, 0.15) is 12.0 Å². The summed E-state index contributed by atoms with van der Waals surface area (Å²) < 4.78 is 15.7. The highest BCUT2D eigenvalue weighted by atomic mass is 19.1. The predicted octanol–water partition coefficient (Wildman–Crippen LogP) is 1.90. The van der Waals surface area contributed by atoms with Gasteiger partial charge in [-0.15, -0.1) is 0 Å². The van der Waals surface area contributed by atoms with Crippen LogP contribution in [-0.2, 0) is 6.54 Å². The Bertz CT molecular complexity index is 883. The lowest BCUT2D eigenvalue weighted by Crippen LogP contribution is -2.07. The van der Waals surface area contributed by atoms with Gasteiger partial charge in [-0.25, -0.2) is 14.4 Å². The molecule has 2 heterocycles. The Morgan fingerprint density at radius 3 is 2.88 bits per heavy atom. The summed E-state index contributed by atoms with van der Waals surface area (Å²) >= 11 is 0. The number of halogens is 1. The number of hydrogen-bond donors (Lipinski definition) is 2. The molecule has 0 bridgehead atoms. The number of benzene rings is 1. The monoisotopic (exact) mass is 329 g/mol. The molecule has 0 spiro atoms. The van der Waals surface area contributed by atoms with Gasteiger partial charge in [0, 0.05) is 18.9 Å². The van der Waals surface area contributed by atoms with E-state index >= 15 is 0 Å². The SMILES string of the molecule is Nc1nc(NCc2ccc(-n3ccnc3)c(F)c2)ncc1[N+](=O)[O-]. The Kier molecular flexibility index (Phi) is 4.01. The van der Waals surface area contributed by atoms with Crippen molar-refractivity contribution in [1.82, 2.24) is 19.5 Å². The molecule has 0 amide bonds. The molecular weight excluding hydrogens is 317 g/mol. The van der Waals surface area contributed by atoms with Gasteiger partial charge in [0.15, 0.2) is 0 Å². The Morgan fingerprint density at radius 2 is 2.25 bits per heavy atom. The van der Waals surface area contributed by atoms with E-state index in [1.54, 1.807) is 29.1 Å². The maximum Gasteiger partial charge on any atom is 0.329 e. The number of nitrogens with zero attached hydrogens (tertiary/aromatic N) is 5. The summed E-state index contributed by atoms with van der Waals surface area (Å²) in [6.07, 6.45) is 5.73. The maximum atomic E-state index is 14.1. The van der Waals surface area contributed by atoms with Crippen molar-refractivity contribution >= 4 is 17.5 Å². The summed E-state index contributed by atoms with van der Waals surface area (Å²) in [7, 11) is 0. The third-order valence-corrected chi connectivity index (χ3v) is 3.24. The zero-order valence-electron chi connectivity index (χ0n) is 12.3. The van der Waals surface area contributed by atoms with Gasteiger partial charge < -0.3 is 15.6 Å². The molecule has 0 unspecified atom stereocenters. The van der Waals surface area contributed by atoms with Crippen LogP contribution in [0.15, 0.2) is 43.1 Å². The average molecular weight is 329 g/mol. The number of aromatic nitrogens is 4. The van der Waals surface area contributed by atoms with Gasteiger partial charge >= 0.3 is 5.69 Å². The van der Waals surface area contributed by atoms with Crippen LogP contribution in [0.5, 0.6) is 0 Å². The molecule has 0 aliphatic rings. The van der Waals surface area contributed by atoms with E-state index in [4.69, 9.17) is 5.73 Å². The van der Waals surface area contributed by atoms with Gasteiger partial charge in [0.2, 0.25) is 11.8 Å². The van der Waals surface area contributed by atoms with E-state index in [-0.39, 0.29) is 24.0 Å². The number of rotatable bonds is 5. The Morgan fingerprint density at radius 1 is 1.42 bits per heavy atom. The third kappa shape index (κ3) is 3.11. The number of nitrogens with two attached hydrogens (primary N) is 1. The molecule has 10 heteroatoms. The summed E-state index contributed by atoms with van der Waals surface area (Å²) in [6, 6.07) is 4.73. The lowest BCUT2D eigenvalue weighted by molar-refractivity contribution is -0.384. The topological polar surface area (TPSA) is 125 Å². The second-order valence-electron chi connectivity index (χ2n) is 4.83. The van der Waals surface area contributed by atoms with Crippen LogP contribution in [-0.4, -0.2) is 24.4 Å². The van der Waals surface area contributed by atoms with Crippen LogP contribution in [0.25, 0.3) is 5.69 Å². The van der Waals surface area contributed by atoms with Crippen LogP contribution in [0.1, 0.15) is 5.56 Å². The van der Waals surface area contributed by atoms with E-state index in [1.165, 1.54) is 12.4 Å². The summed E-state index contributed by atoms with van der Waals surface area (Å²) in [4.78, 5) is 21.5. The van der Waals surface area contributed by atoms with Gasteiger partial charge in [0.05, 0.1) is 16.9 Å². The van der Waals surface area contributed by atoms with E-state index in [9.17, 15) is 14.5 Å². The number of hydrogen-bond acceptors (Lipinski definition) is 7. The molecule has 3 N–H and O–H groups in total. The fourth-order valence-corrected chi connectivity index (χ4v) is 2.07. The highest BCUT2D eigenvalue weighted by molar-refractivity contribution is 5.53. The van der Waals surface area contributed by atoms with E-state index in [0.717, 1.165) is 6.20 Å². The van der Waals surface area contributed by atoms with Crippen LogP contribution in [0.2, 0.25) is 0 Å². The molecule has 9 nitrogen and oxygen atoms in total. The lowest BCUT2D eigenvalue weighted by Gasteiger charge is -2.08. The van der Waals surface area contributed by atoms with Gasteiger partial charge in [0.25, 0.3) is 0 Å². The van der Waals surface area contributed by atoms with Crippen molar-refractivity contribution < 1.29 is 9.31 Å². The molecule has 0 aliphatic heterocycles. The molecule has 0 saturated heterocycles. The first-order chi connectivity index (χ1) is 11.5. The van der Waals surface area contributed by atoms with E-state index in [1.807, 2.05) is 0 Å². The normalized spacial score (nSPS) is 10.5. The first-order valence-electron chi connectivity index (χ1n) is 6.82. The Balaban J connectivity index is 1.72. The molecule has 24 heavy (non-hydrogen) atoms. The van der Waals surface area contributed by atoms with Crippen molar-refractivity contribution in [1.29, 1.82) is 0 Å². The van der Waals surface area contributed by atoms with Gasteiger partial charge in [-0.05, 0) is 17.7 Å². The van der Waals surface area contributed by atoms with Crippen LogP contribution in [0, 0.1) is 15.9 Å². The molecule has 0 radical (unpaired) electrons. The largest absolute Gasteiger partial charge is 0.378 e. The van der Waals surface area contributed by atoms with E-state index in [2.05, 4.69) is 20.3 Å². The highest BCUT2D eigenvalue weighted by Gasteiger charge is 2.14. The minimum Gasteiger partial charge on any atom is -0.378 e. The van der Waals surface area contributed by atoms with Gasteiger partial charge in [-0.3, -0.25) is 10.1 Å². The number of nitrogen functional groups attached to an aromatic ring is 1. The maximum absolute atomic E-state index is 14.1. The van der Waals surface area contributed by atoms with Crippen molar-refractivity contribution in [2.24, 2.45) is 0 Å². The van der Waals surface area contributed by atoms with E-state index in [0.29, 0.717) is 11.3 Å². The molecule has 0 aliphatic carbocycles. The first kappa shape index (κ1) is 15.3. The Hall–Kier alpha value is -3.56. The molecule has 122 valence electrons. The van der Waals surface area contributed by atoms with Crippen LogP contribution in [0.3, 0.4) is 0 Å². The third-order valence-electron chi connectivity index (χ3n) is 3.24. The number of nitro groups is 1. The van der Waals surface area contributed by atoms with Gasteiger partial charge in [-0.1, -0.05) is 6.07 Å². The van der Waals surface area contributed by atoms with Crippen molar-refractivity contribution in [3.63, 3.8) is 0 Å². The molecule has 0 saturated carbocycles. The summed E-state index contributed by atoms with van der Waals surface area (Å²) in [5.74, 6) is -0.521. The van der Waals surface area contributed by atoms with E-state index < -0.39 is 10.7 Å². The van der Waals surface area contributed by atoms with Crippen LogP contribution < -0.4 is 11.1 Å². The molecule has 2 aromatic heterocycles. The molecule has 0 atom stereocenters. The van der Waals surface area contributed by atoms with Crippen molar-refractivity contribution in [2.75, 3.05) is 11.1 Å². The molecule has 3 rings (SSSR count). The number of anilines is 2. The summed E-state index contributed by atoms with van der Waals surface area (Å²) in [6.45, 7) is 0.235. The number of nitrogens with one attached hydrogen (secondary N) is 1. The molecular formula is C14H12FN7O2. The van der Waals surface area contributed by atoms with Crippen molar-refractivity contribution in [3.8, 4) is 5.69 Å². The predicted molar refractivity (Wildman–Crippen MR) is 83.9 cm³/mol. The zero-order chi connectivity index (χ0) is 17.1. The van der Waals surface area contributed by atoms with Gasteiger partial charge in [-0.2, -0.15) is 4.98 Å². The molecule has 3 aromatic rings.